The van der Waals surface area contributed by atoms with Crippen LogP contribution in [0.5, 0.6) is 0 Å². The molecule has 1 aliphatic heterocycles. The first kappa shape index (κ1) is 24.7. The Bertz CT molecular complexity index is 1510. The summed E-state index contributed by atoms with van der Waals surface area (Å²) in [5.74, 6) is -0.243. The highest BCUT2D eigenvalue weighted by molar-refractivity contribution is 6.02. The van der Waals surface area contributed by atoms with Crippen LogP contribution >= 0.6 is 0 Å². The van der Waals surface area contributed by atoms with Gasteiger partial charge in [-0.05, 0) is 70.9 Å². The number of nitro benzene ring substituents is 1. The third-order valence-electron chi connectivity index (χ3n) is 6.59. The van der Waals surface area contributed by atoms with Crippen LogP contribution in [0, 0.1) is 10.1 Å². The van der Waals surface area contributed by atoms with E-state index in [0.717, 1.165) is 29.5 Å². The Morgan fingerprint density at radius 2 is 1.50 bits per heavy atom. The molecule has 38 heavy (non-hydrogen) atoms. The van der Waals surface area contributed by atoms with Crippen LogP contribution in [-0.2, 0) is 4.79 Å². The summed E-state index contributed by atoms with van der Waals surface area (Å²) in [4.78, 5) is 39.7. The summed E-state index contributed by atoms with van der Waals surface area (Å²) < 4.78 is 0. The summed E-state index contributed by atoms with van der Waals surface area (Å²) in [6.07, 6.45) is 2.99. The van der Waals surface area contributed by atoms with Gasteiger partial charge in [-0.3, -0.25) is 19.7 Å². The molecule has 190 valence electrons. The second kappa shape index (κ2) is 11.0. The van der Waals surface area contributed by atoms with Gasteiger partial charge in [-0.15, -0.1) is 0 Å². The largest absolute Gasteiger partial charge is 0.368 e. The lowest BCUT2D eigenvalue weighted by molar-refractivity contribution is -0.384. The summed E-state index contributed by atoms with van der Waals surface area (Å²) in [7, 11) is 0. The molecule has 4 aromatic rings. The van der Waals surface area contributed by atoms with Gasteiger partial charge in [0.25, 0.3) is 11.6 Å². The van der Waals surface area contributed by atoms with Crippen molar-refractivity contribution in [2.45, 2.75) is 0 Å². The highest BCUT2D eigenvalue weighted by atomic mass is 16.6. The molecule has 5 rings (SSSR count). The fourth-order valence-electron chi connectivity index (χ4n) is 4.49. The summed E-state index contributed by atoms with van der Waals surface area (Å²) >= 11 is 0. The van der Waals surface area contributed by atoms with Crippen molar-refractivity contribution in [3.63, 3.8) is 0 Å². The first-order valence-electron chi connectivity index (χ1n) is 12.3. The van der Waals surface area contributed by atoms with E-state index in [-0.39, 0.29) is 17.5 Å². The minimum atomic E-state index is -0.463. The van der Waals surface area contributed by atoms with Crippen molar-refractivity contribution in [1.29, 1.82) is 0 Å². The molecule has 2 amide bonds. The van der Waals surface area contributed by atoms with Gasteiger partial charge in [0.05, 0.1) is 4.92 Å². The zero-order valence-corrected chi connectivity index (χ0v) is 20.6. The third kappa shape index (κ3) is 5.70. The van der Waals surface area contributed by atoms with Crippen LogP contribution < -0.4 is 10.2 Å². The van der Waals surface area contributed by atoms with Crippen LogP contribution in [0.1, 0.15) is 15.9 Å². The lowest BCUT2D eigenvalue weighted by atomic mass is 10.1. The normalized spacial score (nSPS) is 13.6. The number of anilines is 2. The van der Waals surface area contributed by atoms with Crippen LogP contribution in [0.2, 0.25) is 0 Å². The van der Waals surface area contributed by atoms with Gasteiger partial charge in [0.15, 0.2) is 0 Å². The highest BCUT2D eigenvalue weighted by Crippen LogP contribution is 2.22. The molecule has 8 nitrogen and oxygen atoms in total. The number of nitro groups is 1. The Balaban J connectivity index is 1.13. The van der Waals surface area contributed by atoms with E-state index >= 15 is 0 Å². The predicted molar refractivity (Wildman–Crippen MR) is 149 cm³/mol. The van der Waals surface area contributed by atoms with E-state index in [0.29, 0.717) is 29.9 Å². The molecule has 1 saturated heterocycles. The fourth-order valence-corrected chi connectivity index (χ4v) is 4.49. The second-order valence-electron chi connectivity index (χ2n) is 9.06. The first-order chi connectivity index (χ1) is 18.5. The number of nitrogens with one attached hydrogen (secondary N) is 1. The third-order valence-corrected chi connectivity index (χ3v) is 6.59. The SMILES string of the molecule is O=C(/C=C/c1ccc([N+](=O)[O-])cc1)Nc1ccc(N2CCN(C(=O)c3ccc4ccccc4c3)CC2)cc1. The van der Waals surface area contributed by atoms with E-state index < -0.39 is 4.92 Å². The van der Waals surface area contributed by atoms with Crippen LogP contribution in [-0.4, -0.2) is 47.8 Å². The molecule has 1 fully saturated rings. The van der Waals surface area contributed by atoms with Gasteiger partial charge in [0, 0.05) is 61.3 Å². The number of piperazine rings is 1. The van der Waals surface area contributed by atoms with Gasteiger partial charge in [-0.1, -0.05) is 30.3 Å². The summed E-state index contributed by atoms with van der Waals surface area (Å²) in [5, 5.41) is 15.7. The lowest BCUT2D eigenvalue weighted by Crippen LogP contribution is -2.48. The van der Waals surface area contributed by atoms with Crippen LogP contribution in [0.25, 0.3) is 16.8 Å². The van der Waals surface area contributed by atoms with Gasteiger partial charge >= 0.3 is 0 Å². The molecule has 0 atom stereocenters. The standard InChI is InChI=1S/C30H26N4O4/c35-29(16-7-22-5-12-28(13-6-22)34(37)38)31-26-10-14-27(15-11-26)32-17-19-33(20-18-32)30(36)25-9-8-23-3-1-2-4-24(23)21-25/h1-16,21H,17-20H2,(H,31,35)/b16-7+. The maximum absolute atomic E-state index is 13.1. The number of rotatable bonds is 6. The molecule has 0 unspecified atom stereocenters. The van der Waals surface area contributed by atoms with Gasteiger partial charge in [-0.25, -0.2) is 0 Å². The van der Waals surface area contributed by atoms with Gasteiger partial charge in [-0.2, -0.15) is 0 Å². The minimum Gasteiger partial charge on any atom is -0.368 e. The van der Waals surface area contributed by atoms with E-state index in [2.05, 4.69) is 10.2 Å². The summed E-state index contributed by atoms with van der Waals surface area (Å²) in [5.41, 5.74) is 3.10. The van der Waals surface area contributed by atoms with Crippen molar-refractivity contribution < 1.29 is 14.5 Å². The van der Waals surface area contributed by atoms with Crippen molar-refractivity contribution in [3.05, 3.63) is 118 Å². The molecular formula is C30H26N4O4. The first-order valence-corrected chi connectivity index (χ1v) is 12.3. The van der Waals surface area contributed by atoms with E-state index in [1.165, 1.54) is 18.2 Å². The summed E-state index contributed by atoms with van der Waals surface area (Å²) in [6.45, 7) is 2.72. The van der Waals surface area contributed by atoms with E-state index in [4.69, 9.17) is 0 Å². The van der Waals surface area contributed by atoms with Crippen molar-refractivity contribution in [2.24, 2.45) is 0 Å². The molecule has 1 aliphatic rings. The van der Waals surface area contributed by atoms with Gasteiger partial charge < -0.3 is 15.1 Å². The topological polar surface area (TPSA) is 95.8 Å². The number of benzene rings is 4. The monoisotopic (exact) mass is 506 g/mol. The van der Waals surface area contributed by atoms with Crippen LogP contribution in [0.4, 0.5) is 17.1 Å². The number of hydrogen-bond donors (Lipinski definition) is 1. The van der Waals surface area contributed by atoms with E-state index in [9.17, 15) is 19.7 Å². The van der Waals surface area contributed by atoms with E-state index in [1.807, 2.05) is 71.6 Å². The average Bonchev–Trinajstić information content (AvgIpc) is 2.96. The number of nitrogens with zero attached hydrogens (tertiary/aromatic N) is 3. The Hall–Kier alpha value is -4.98. The Labute approximate surface area is 219 Å². The van der Waals surface area contributed by atoms with Crippen molar-refractivity contribution in [2.75, 3.05) is 36.4 Å². The quantitative estimate of drug-likeness (QED) is 0.216. The molecule has 0 spiro atoms. The van der Waals surface area contributed by atoms with Gasteiger partial charge in [0.2, 0.25) is 5.91 Å². The van der Waals surface area contributed by atoms with Gasteiger partial charge in [0.1, 0.15) is 0 Å². The Morgan fingerprint density at radius 1 is 0.816 bits per heavy atom. The molecule has 1 heterocycles. The van der Waals surface area contributed by atoms with Crippen molar-refractivity contribution in [3.8, 4) is 0 Å². The molecule has 4 aromatic carbocycles. The smallest absolute Gasteiger partial charge is 0.269 e. The summed E-state index contributed by atoms with van der Waals surface area (Å²) in [6, 6.07) is 27.4. The van der Waals surface area contributed by atoms with Crippen LogP contribution in [0.15, 0.2) is 97.1 Å². The Kier molecular flexibility index (Phi) is 7.13. The number of amides is 2. The number of fused-ring (bicyclic) bond motifs is 1. The molecule has 0 radical (unpaired) electrons. The molecule has 1 N–H and O–H groups in total. The molecule has 0 aromatic heterocycles. The lowest BCUT2D eigenvalue weighted by Gasteiger charge is -2.36. The number of carbonyl (C=O) groups excluding carboxylic acids is 2. The van der Waals surface area contributed by atoms with Crippen molar-refractivity contribution in [1.82, 2.24) is 4.90 Å². The van der Waals surface area contributed by atoms with E-state index in [1.54, 1.807) is 18.2 Å². The minimum absolute atomic E-state index is 0.00429. The molecule has 0 bridgehead atoms. The zero-order chi connectivity index (χ0) is 26.5. The zero-order valence-electron chi connectivity index (χ0n) is 20.6. The molecule has 0 saturated carbocycles. The van der Waals surface area contributed by atoms with Crippen LogP contribution in [0.3, 0.4) is 0 Å². The molecule has 0 aliphatic carbocycles. The second-order valence-corrected chi connectivity index (χ2v) is 9.06. The molecule has 8 heteroatoms. The number of hydrogen-bond acceptors (Lipinski definition) is 5. The number of carbonyl (C=O) groups is 2. The predicted octanol–water partition coefficient (Wildman–Crippen LogP) is 5.36. The maximum Gasteiger partial charge on any atom is 0.269 e. The number of non-ortho nitro benzene ring substituents is 1. The molecular weight excluding hydrogens is 480 g/mol. The average molecular weight is 507 g/mol. The highest BCUT2D eigenvalue weighted by Gasteiger charge is 2.22. The Morgan fingerprint density at radius 3 is 2.18 bits per heavy atom. The van der Waals surface area contributed by atoms with Crippen molar-refractivity contribution >= 4 is 45.7 Å². The maximum atomic E-state index is 13.1. The fraction of sp³-hybridized carbons (Fsp3) is 0.133.